The highest BCUT2D eigenvalue weighted by molar-refractivity contribution is 14.1. The van der Waals surface area contributed by atoms with E-state index in [0.717, 1.165) is 15.3 Å². The molecule has 0 spiro atoms. The summed E-state index contributed by atoms with van der Waals surface area (Å²) in [5, 5.41) is 0.261. The molecule has 0 radical (unpaired) electrons. The quantitative estimate of drug-likeness (QED) is 0.251. The zero-order chi connectivity index (χ0) is 22.4. The molecule has 0 aromatic heterocycles. The molecule has 3 rings (SSSR count). The van der Waals surface area contributed by atoms with Crippen molar-refractivity contribution in [2.75, 3.05) is 26.9 Å². The van der Waals surface area contributed by atoms with Crippen LogP contribution in [0.4, 0.5) is 4.79 Å². The van der Waals surface area contributed by atoms with Gasteiger partial charge in [-0.05, 0) is 82.4 Å². The fourth-order valence-electron chi connectivity index (χ4n) is 2.71. The first-order valence-electron chi connectivity index (χ1n) is 9.00. The Morgan fingerprint density at radius 3 is 2.65 bits per heavy atom. The third-order valence-corrected chi connectivity index (χ3v) is 6.08. The van der Waals surface area contributed by atoms with Gasteiger partial charge in [-0.1, -0.05) is 17.5 Å². The maximum Gasteiger partial charge on any atom is 0.293 e. The summed E-state index contributed by atoms with van der Waals surface area (Å²) < 4.78 is 17.3. The number of halogens is 2. The third kappa shape index (κ3) is 5.87. The molecule has 1 fully saturated rings. The van der Waals surface area contributed by atoms with E-state index in [0.29, 0.717) is 32.7 Å². The first-order valence-corrected chi connectivity index (χ1v) is 11.3. The predicted octanol–water partition coefficient (Wildman–Crippen LogP) is 5.08. The average Bonchev–Trinajstić information content (AvgIpc) is 3.01. The Morgan fingerprint density at radius 2 is 1.97 bits per heavy atom. The van der Waals surface area contributed by atoms with Gasteiger partial charge in [-0.2, -0.15) is 0 Å². The average molecular weight is 570 g/mol. The minimum Gasteiger partial charge on any atom is -0.493 e. The van der Waals surface area contributed by atoms with Gasteiger partial charge in [0.25, 0.3) is 11.1 Å². The Labute approximate surface area is 203 Å². The van der Waals surface area contributed by atoms with Gasteiger partial charge in [0.2, 0.25) is 0 Å². The first kappa shape index (κ1) is 23.3. The maximum absolute atomic E-state index is 12.7. The number of carbonyl (C=O) groups excluding carboxylic acids is 2. The number of terminal acetylenes is 1. The van der Waals surface area contributed by atoms with Crippen LogP contribution in [-0.2, 0) is 4.79 Å². The summed E-state index contributed by atoms with van der Waals surface area (Å²) >= 11 is 8.84. The lowest BCUT2D eigenvalue weighted by atomic mass is 10.2. The van der Waals surface area contributed by atoms with E-state index in [1.54, 1.807) is 36.4 Å². The molecule has 0 N–H and O–H groups in total. The van der Waals surface area contributed by atoms with E-state index in [4.69, 9.17) is 32.2 Å². The number of imide groups is 1. The number of nitrogens with zero attached hydrogens (tertiary/aromatic N) is 1. The number of hydrogen-bond donors (Lipinski definition) is 0. The van der Waals surface area contributed by atoms with Gasteiger partial charge in [-0.15, -0.1) is 6.42 Å². The minimum atomic E-state index is -0.365. The predicted molar refractivity (Wildman–Crippen MR) is 130 cm³/mol. The fourth-order valence-corrected chi connectivity index (χ4v) is 4.48. The number of benzene rings is 2. The summed E-state index contributed by atoms with van der Waals surface area (Å²) in [4.78, 5) is 26.5. The largest absolute Gasteiger partial charge is 0.493 e. The molecule has 0 aliphatic carbocycles. The summed E-state index contributed by atoms with van der Waals surface area (Å²) in [6.45, 7) is 0.437. The Balaban J connectivity index is 1.70. The second kappa shape index (κ2) is 10.8. The molecule has 1 heterocycles. The fraction of sp³-hybridized carbons (Fsp3) is 0.182. The van der Waals surface area contributed by atoms with Gasteiger partial charge in [0.05, 0.1) is 22.1 Å². The van der Waals surface area contributed by atoms with Gasteiger partial charge in [0.1, 0.15) is 19.0 Å². The van der Waals surface area contributed by atoms with Gasteiger partial charge < -0.3 is 14.2 Å². The molecule has 2 aromatic carbocycles. The van der Waals surface area contributed by atoms with Crippen molar-refractivity contribution >= 4 is 63.2 Å². The molecule has 0 unspecified atom stereocenters. The summed E-state index contributed by atoms with van der Waals surface area (Å²) in [6.07, 6.45) is 6.91. The van der Waals surface area contributed by atoms with E-state index in [1.807, 2.05) is 6.07 Å². The van der Waals surface area contributed by atoms with Gasteiger partial charge in [0.15, 0.2) is 11.5 Å². The van der Waals surface area contributed by atoms with E-state index in [2.05, 4.69) is 28.5 Å². The number of carbonyl (C=O) groups is 2. The topological polar surface area (TPSA) is 65.1 Å². The van der Waals surface area contributed by atoms with Crippen LogP contribution in [-0.4, -0.2) is 42.9 Å². The molecule has 31 heavy (non-hydrogen) atoms. The molecule has 2 amide bonds. The van der Waals surface area contributed by atoms with Crippen LogP contribution in [0.25, 0.3) is 6.08 Å². The SMILES string of the molecule is C#CCOc1c(I)cc(/C=C2\SC(=O)N(CCOc3ccc(Cl)cc3)C2=O)cc1OC. The summed E-state index contributed by atoms with van der Waals surface area (Å²) in [5.74, 6) is 3.68. The second-order valence-corrected chi connectivity index (χ2v) is 8.75. The molecule has 0 bridgehead atoms. The van der Waals surface area contributed by atoms with E-state index in [1.165, 1.54) is 12.0 Å². The second-order valence-electron chi connectivity index (χ2n) is 6.16. The highest BCUT2D eigenvalue weighted by atomic mass is 127. The zero-order valence-electron chi connectivity index (χ0n) is 16.4. The van der Waals surface area contributed by atoms with Crippen molar-refractivity contribution in [3.05, 3.63) is 55.5 Å². The molecule has 1 aliphatic rings. The van der Waals surface area contributed by atoms with Crippen molar-refractivity contribution < 1.29 is 23.8 Å². The summed E-state index contributed by atoms with van der Waals surface area (Å²) in [5.41, 5.74) is 0.706. The lowest BCUT2D eigenvalue weighted by Gasteiger charge is -2.13. The van der Waals surface area contributed by atoms with Crippen LogP contribution in [0.5, 0.6) is 17.2 Å². The number of rotatable bonds is 8. The molecule has 0 atom stereocenters. The Bertz CT molecular complexity index is 1060. The van der Waals surface area contributed by atoms with Crippen molar-refractivity contribution in [2.24, 2.45) is 0 Å². The van der Waals surface area contributed by atoms with Crippen molar-refractivity contribution in [3.8, 4) is 29.6 Å². The van der Waals surface area contributed by atoms with Gasteiger partial charge in [-0.3, -0.25) is 14.5 Å². The molecule has 1 saturated heterocycles. The molecule has 160 valence electrons. The van der Waals surface area contributed by atoms with Crippen molar-refractivity contribution in [1.82, 2.24) is 4.90 Å². The molecule has 0 saturated carbocycles. The van der Waals surface area contributed by atoms with Crippen LogP contribution in [0.1, 0.15) is 5.56 Å². The monoisotopic (exact) mass is 569 g/mol. The highest BCUT2D eigenvalue weighted by Gasteiger charge is 2.34. The van der Waals surface area contributed by atoms with Crippen LogP contribution in [0.2, 0.25) is 5.02 Å². The Kier molecular flexibility index (Phi) is 8.12. The third-order valence-electron chi connectivity index (χ3n) is 4.12. The molecule has 1 aliphatic heterocycles. The van der Waals surface area contributed by atoms with E-state index in [-0.39, 0.29) is 30.9 Å². The normalized spacial score (nSPS) is 14.6. The van der Waals surface area contributed by atoms with Crippen LogP contribution in [0.3, 0.4) is 0 Å². The van der Waals surface area contributed by atoms with Crippen LogP contribution >= 0.6 is 46.0 Å². The first-order chi connectivity index (χ1) is 14.9. The lowest BCUT2D eigenvalue weighted by molar-refractivity contribution is -0.123. The summed E-state index contributed by atoms with van der Waals surface area (Å²) in [6, 6.07) is 10.4. The lowest BCUT2D eigenvalue weighted by Crippen LogP contribution is -2.32. The zero-order valence-corrected chi connectivity index (χ0v) is 20.1. The van der Waals surface area contributed by atoms with Crippen LogP contribution < -0.4 is 14.2 Å². The number of thioether (sulfide) groups is 1. The number of amides is 2. The van der Waals surface area contributed by atoms with E-state index >= 15 is 0 Å². The Morgan fingerprint density at radius 1 is 1.23 bits per heavy atom. The number of ether oxygens (including phenoxy) is 3. The smallest absolute Gasteiger partial charge is 0.293 e. The molecule has 6 nitrogen and oxygen atoms in total. The number of methoxy groups -OCH3 is 1. The minimum absolute atomic E-state index is 0.114. The number of hydrogen-bond acceptors (Lipinski definition) is 6. The van der Waals surface area contributed by atoms with Crippen molar-refractivity contribution in [3.63, 3.8) is 0 Å². The van der Waals surface area contributed by atoms with Crippen molar-refractivity contribution in [2.45, 2.75) is 0 Å². The maximum atomic E-state index is 12.7. The molecule has 9 heteroatoms. The molecule has 2 aromatic rings. The van der Waals surface area contributed by atoms with Crippen LogP contribution in [0.15, 0.2) is 41.3 Å². The van der Waals surface area contributed by atoms with E-state index in [9.17, 15) is 9.59 Å². The van der Waals surface area contributed by atoms with Gasteiger partial charge in [-0.25, -0.2) is 0 Å². The van der Waals surface area contributed by atoms with Crippen LogP contribution in [0, 0.1) is 15.9 Å². The van der Waals surface area contributed by atoms with Gasteiger partial charge >= 0.3 is 0 Å². The Hall–Kier alpha value is -2.35. The summed E-state index contributed by atoms with van der Waals surface area (Å²) in [7, 11) is 1.52. The highest BCUT2D eigenvalue weighted by Crippen LogP contribution is 2.37. The van der Waals surface area contributed by atoms with Gasteiger partial charge in [0, 0.05) is 5.02 Å². The van der Waals surface area contributed by atoms with E-state index < -0.39 is 0 Å². The standard InChI is InChI=1S/C22H17ClINO5S/c1-3-9-30-20-17(24)11-14(12-18(20)28-2)13-19-21(26)25(22(27)31-19)8-10-29-16-6-4-15(23)5-7-16/h1,4-7,11-13H,8-10H2,2H3/b19-13-. The molecular weight excluding hydrogens is 553 g/mol. The molecular formula is C22H17ClINO5S. The van der Waals surface area contributed by atoms with Crippen molar-refractivity contribution in [1.29, 1.82) is 0 Å².